The smallest absolute Gasteiger partial charge is 0.307 e. The van der Waals surface area contributed by atoms with Gasteiger partial charge in [0, 0.05) is 13.1 Å². The van der Waals surface area contributed by atoms with E-state index < -0.39 is 11.9 Å². The molecule has 0 aromatic rings. The third kappa shape index (κ3) is 3.08. The Morgan fingerprint density at radius 2 is 1.74 bits per heavy atom. The van der Waals surface area contributed by atoms with E-state index in [4.69, 9.17) is 0 Å². The molecule has 1 unspecified atom stereocenters. The number of hydrogen-bond donors (Lipinski definition) is 2. The number of carbonyl (C=O) groups is 2. The van der Waals surface area contributed by atoms with Crippen molar-refractivity contribution in [2.45, 2.75) is 45.1 Å². The summed E-state index contributed by atoms with van der Waals surface area (Å²) in [6.45, 7) is 3.16. The van der Waals surface area contributed by atoms with Gasteiger partial charge >= 0.3 is 5.97 Å². The minimum Gasteiger partial charge on any atom is -0.481 e. The highest BCUT2D eigenvalue weighted by molar-refractivity contribution is 5.85. The Morgan fingerprint density at radius 1 is 1.16 bits per heavy atom. The third-order valence-corrected chi connectivity index (χ3v) is 4.65. The van der Waals surface area contributed by atoms with E-state index in [1.54, 1.807) is 4.90 Å². The first kappa shape index (κ1) is 14.3. The second-order valence-corrected chi connectivity index (χ2v) is 5.85. The van der Waals surface area contributed by atoms with Gasteiger partial charge in [-0.15, -0.1) is 0 Å². The number of carboxylic acid groups (broad SMARTS) is 1. The number of piperidine rings is 1. The van der Waals surface area contributed by atoms with Gasteiger partial charge in [0.15, 0.2) is 0 Å². The number of carbonyl (C=O) groups excluding carboxylic acids is 1. The van der Waals surface area contributed by atoms with E-state index in [-0.39, 0.29) is 17.9 Å². The fourth-order valence-electron chi connectivity index (χ4n) is 3.34. The lowest BCUT2D eigenvalue weighted by Gasteiger charge is -2.32. The predicted molar refractivity (Wildman–Crippen MR) is 69.5 cm³/mol. The van der Waals surface area contributed by atoms with Crippen LogP contribution < -0.4 is 0 Å². The van der Waals surface area contributed by atoms with E-state index in [9.17, 15) is 19.8 Å². The summed E-state index contributed by atoms with van der Waals surface area (Å²) in [6.07, 6.45) is 3.16. The average molecular weight is 269 g/mol. The van der Waals surface area contributed by atoms with E-state index in [0.717, 1.165) is 6.42 Å². The molecular weight excluding hydrogens is 246 g/mol. The van der Waals surface area contributed by atoms with Gasteiger partial charge in [-0.05, 0) is 31.6 Å². The summed E-state index contributed by atoms with van der Waals surface area (Å²) in [7, 11) is 0. The van der Waals surface area contributed by atoms with Gasteiger partial charge in [-0.1, -0.05) is 13.3 Å². The van der Waals surface area contributed by atoms with Crippen LogP contribution >= 0.6 is 0 Å². The van der Waals surface area contributed by atoms with Crippen molar-refractivity contribution in [3.63, 3.8) is 0 Å². The number of amides is 1. The van der Waals surface area contributed by atoms with Crippen LogP contribution in [0.3, 0.4) is 0 Å². The topological polar surface area (TPSA) is 77.8 Å². The average Bonchev–Trinajstić information content (AvgIpc) is 2.83. The quantitative estimate of drug-likeness (QED) is 0.804. The normalized spacial score (nSPS) is 32.5. The first-order chi connectivity index (χ1) is 9.02. The molecule has 19 heavy (non-hydrogen) atoms. The molecule has 108 valence electrons. The van der Waals surface area contributed by atoms with Gasteiger partial charge < -0.3 is 15.1 Å². The van der Waals surface area contributed by atoms with Crippen LogP contribution in [0.15, 0.2) is 0 Å². The molecule has 1 aliphatic heterocycles. The summed E-state index contributed by atoms with van der Waals surface area (Å²) >= 11 is 0. The molecule has 0 aromatic carbocycles. The maximum Gasteiger partial charge on any atom is 0.307 e. The fraction of sp³-hybridized carbons (Fsp3) is 0.857. The van der Waals surface area contributed by atoms with Gasteiger partial charge in [0.25, 0.3) is 0 Å². The maximum atomic E-state index is 12.5. The molecule has 2 aliphatic rings. The van der Waals surface area contributed by atoms with Gasteiger partial charge in [0.2, 0.25) is 5.91 Å². The molecule has 2 rings (SSSR count). The molecule has 0 spiro atoms. The SMILES string of the molecule is CCC1C[C@H](C(=O)N2CCC(O)CC2)[C@H](C(=O)O)C1. The van der Waals surface area contributed by atoms with Crippen molar-refractivity contribution in [2.24, 2.45) is 17.8 Å². The van der Waals surface area contributed by atoms with Gasteiger partial charge in [-0.25, -0.2) is 0 Å². The lowest BCUT2D eigenvalue weighted by atomic mass is 9.93. The first-order valence-corrected chi connectivity index (χ1v) is 7.22. The molecule has 3 atom stereocenters. The molecular formula is C14H23NO4. The Balaban J connectivity index is 2.02. The van der Waals surface area contributed by atoms with Crippen molar-refractivity contribution in [3.05, 3.63) is 0 Å². The van der Waals surface area contributed by atoms with Gasteiger partial charge in [0.1, 0.15) is 0 Å². The number of aliphatic carboxylic acids is 1. The number of aliphatic hydroxyl groups is 1. The minimum atomic E-state index is -0.841. The number of aliphatic hydroxyl groups excluding tert-OH is 1. The highest BCUT2D eigenvalue weighted by Gasteiger charge is 2.43. The van der Waals surface area contributed by atoms with Crippen LogP contribution in [-0.4, -0.2) is 46.2 Å². The molecule has 2 N–H and O–H groups in total. The molecule has 0 bridgehead atoms. The van der Waals surface area contributed by atoms with Crippen LogP contribution in [0.25, 0.3) is 0 Å². The molecule has 1 saturated heterocycles. The summed E-state index contributed by atoms with van der Waals surface area (Å²) in [5.41, 5.74) is 0. The lowest BCUT2D eigenvalue weighted by molar-refractivity contribution is -0.149. The number of hydrogen-bond acceptors (Lipinski definition) is 3. The molecule has 1 heterocycles. The summed E-state index contributed by atoms with van der Waals surface area (Å²) < 4.78 is 0. The zero-order valence-electron chi connectivity index (χ0n) is 11.4. The molecule has 2 fully saturated rings. The summed E-state index contributed by atoms with van der Waals surface area (Å²) in [4.78, 5) is 25.5. The lowest BCUT2D eigenvalue weighted by Crippen LogP contribution is -2.44. The molecule has 1 aliphatic carbocycles. The number of likely N-dealkylation sites (tertiary alicyclic amines) is 1. The summed E-state index contributed by atoms with van der Waals surface area (Å²) in [6, 6.07) is 0. The third-order valence-electron chi connectivity index (χ3n) is 4.65. The second-order valence-electron chi connectivity index (χ2n) is 5.85. The molecule has 5 nitrogen and oxygen atoms in total. The molecule has 1 amide bonds. The van der Waals surface area contributed by atoms with E-state index in [2.05, 4.69) is 0 Å². The van der Waals surface area contributed by atoms with E-state index >= 15 is 0 Å². The predicted octanol–water partition coefficient (Wildman–Crippen LogP) is 1.11. The van der Waals surface area contributed by atoms with Crippen molar-refractivity contribution in [1.29, 1.82) is 0 Å². The summed E-state index contributed by atoms with van der Waals surface area (Å²) in [5, 5.41) is 18.7. The maximum absolute atomic E-state index is 12.5. The highest BCUT2D eigenvalue weighted by atomic mass is 16.4. The first-order valence-electron chi connectivity index (χ1n) is 7.22. The molecule has 0 aromatic heterocycles. The minimum absolute atomic E-state index is 0.0183. The van der Waals surface area contributed by atoms with E-state index in [1.807, 2.05) is 6.92 Å². The van der Waals surface area contributed by atoms with Crippen LogP contribution in [-0.2, 0) is 9.59 Å². The van der Waals surface area contributed by atoms with Gasteiger partial charge in [0.05, 0.1) is 17.9 Å². The standard InChI is InChI=1S/C14H23NO4/c1-2-9-7-11(12(8-9)14(18)19)13(17)15-5-3-10(16)4-6-15/h9-12,16H,2-8H2,1H3,(H,18,19)/t9?,11-,12+/m0/s1. The van der Waals surface area contributed by atoms with Gasteiger partial charge in [-0.2, -0.15) is 0 Å². The van der Waals surface area contributed by atoms with Crippen LogP contribution in [0.5, 0.6) is 0 Å². The Labute approximate surface area is 113 Å². The fourth-order valence-corrected chi connectivity index (χ4v) is 3.34. The van der Waals surface area contributed by atoms with Crippen LogP contribution in [0.1, 0.15) is 39.0 Å². The largest absolute Gasteiger partial charge is 0.481 e. The number of carboxylic acids is 1. The summed E-state index contributed by atoms with van der Waals surface area (Å²) in [5.74, 6) is -1.39. The van der Waals surface area contributed by atoms with Crippen molar-refractivity contribution >= 4 is 11.9 Å². The highest BCUT2D eigenvalue weighted by Crippen LogP contribution is 2.39. The molecule has 0 radical (unpaired) electrons. The monoisotopic (exact) mass is 269 g/mol. The van der Waals surface area contributed by atoms with Crippen LogP contribution in [0.4, 0.5) is 0 Å². The Bertz CT molecular complexity index is 349. The molecule has 1 saturated carbocycles. The van der Waals surface area contributed by atoms with Crippen LogP contribution in [0, 0.1) is 17.8 Å². The zero-order chi connectivity index (χ0) is 14.0. The number of nitrogens with zero attached hydrogens (tertiary/aromatic N) is 1. The Hall–Kier alpha value is -1.10. The number of rotatable bonds is 3. The Kier molecular flexibility index (Phi) is 4.45. The van der Waals surface area contributed by atoms with Crippen molar-refractivity contribution in [2.75, 3.05) is 13.1 Å². The second kappa shape index (κ2) is 5.90. The molecule has 5 heteroatoms. The van der Waals surface area contributed by atoms with Crippen LogP contribution in [0.2, 0.25) is 0 Å². The van der Waals surface area contributed by atoms with Crippen molar-refractivity contribution < 1.29 is 19.8 Å². The zero-order valence-corrected chi connectivity index (χ0v) is 11.4. The van der Waals surface area contributed by atoms with E-state index in [0.29, 0.717) is 44.7 Å². The van der Waals surface area contributed by atoms with E-state index in [1.165, 1.54) is 0 Å². The van der Waals surface area contributed by atoms with Crippen molar-refractivity contribution in [3.8, 4) is 0 Å². The Morgan fingerprint density at radius 3 is 2.26 bits per heavy atom. The van der Waals surface area contributed by atoms with Crippen molar-refractivity contribution in [1.82, 2.24) is 4.90 Å². The van der Waals surface area contributed by atoms with Gasteiger partial charge in [-0.3, -0.25) is 9.59 Å².